The van der Waals surface area contributed by atoms with Gasteiger partial charge in [0.05, 0.1) is 6.04 Å². The summed E-state index contributed by atoms with van der Waals surface area (Å²) < 4.78 is 0. The lowest BCUT2D eigenvalue weighted by Gasteiger charge is -2.23. The fourth-order valence-electron chi connectivity index (χ4n) is 2.21. The number of rotatable bonds is 12. The molecule has 160 valence electrons. The van der Waals surface area contributed by atoms with E-state index < -0.39 is 53.8 Å². The van der Waals surface area contributed by atoms with Gasteiger partial charge in [0.25, 0.3) is 0 Å². The standard InChI is InChI=1S/C17H30N4O7/c1-8(2)7-12(17(27)28)21-15(25)10(4)19-16(26)11(5-6-13(22)23)20-14(24)9(3)18/h8-12H,5-7,18H2,1-4H3,(H,19,26)(H,20,24)(H,21,25)(H,22,23)(H,27,28). The minimum Gasteiger partial charge on any atom is -0.481 e. The highest BCUT2D eigenvalue weighted by atomic mass is 16.4. The van der Waals surface area contributed by atoms with Crippen molar-refractivity contribution in [2.45, 2.75) is 71.1 Å². The number of nitrogens with two attached hydrogens (primary N) is 1. The van der Waals surface area contributed by atoms with Crippen molar-refractivity contribution in [2.75, 3.05) is 0 Å². The molecule has 28 heavy (non-hydrogen) atoms. The summed E-state index contributed by atoms with van der Waals surface area (Å²) in [6, 6.07) is -4.31. The van der Waals surface area contributed by atoms with Crippen molar-refractivity contribution in [1.29, 1.82) is 0 Å². The van der Waals surface area contributed by atoms with Crippen LogP contribution in [0.1, 0.15) is 47.0 Å². The summed E-state index contributed by atoms with van der Waals surface area (Å²) in [5.74, 6) is -4.45. The molecular formula is C17H30N4O7. The topological polar surface area (TPSA) is 188 Å². The van der Waals surface area contributed by atoms with Gasteiger partial charge < -0.3 is 31.9 Å². The van der Waals surface area contributed by atoms with Crippen LogP contribution in [0.4, 0.5) is 0 Å². The molecule has 0 saturated carbocycles. The van der Waals surface area contributed by atoms with Gasteiger partial charge in [0.2, 0.25) is 17.7 Å². The van der Waals surface area contributed by atoms with E-state index in [0.29, 0.717) is 0 Å². The van der Waals surface area contributed by atoms with Crippen molar-refractivity contribution in [2.24, 2.45) is 11.7 Å². The van der Waals surface area contributed by atoms with Gasteiger partial charge >= 0.3 is 11.9 Å². The second-order valence-corrected chi connectivity index (χ2v) is 7.04. The Morgan fingerprint density at radius 2 is 1.36 bits per heavy atom. The second-order valence-electron chi connectivity index (χ2n) is 7.04. The summed E-state index contributed by atoms with van der Waals surface area (Å²) in [7, 11) is 0. The van der Waals surface area contributed by atoms with Crippen LogP contribution in [0.3, 0.4) is 0 Å². The van der Waals surface area contributed by atoms with E-state index in [0.717, 1.165) is 0 Å². The molecular weight excluding hydrogens is 372 g/mol. The highest BCUT2D eigenvalue weighted by Crippen LogP contribution is 2.06. The third-order valence-electron chi connectivity index (χ3n) is 3.77. The van der Waals surface area contributed by atoms with Crippen LogP contribution in [0.15, 0.2) is 0 Å². The molecule has 0 spiro atoms. The zero-order valence-corrected chi connectivity index (χ0v) is 16.5. The molecule has 0 aliphatic rings. The number of carboxylic acid groups (broad SMARTS) is 2. The van der Waals surface area contributed by atoms with E-state index in [9.17, 15) is 29.1 Å². The largest absolute Gasteiger partial charge is 0.481 e. The molecule has 0 fully saturated rings. The van der Waals surface area contributed by atoms with Gasteiger partial charge in [0, 0.05) is 6.42 Å². The Bertz CT molecular complexity index is 592. The van der Waals surface area contributed by atoms with Gasteiger partial charge in [-0.15, -0.1) is 0 Å². The van der Waals surface area contributed by atoms with Crippen molar-refractivity contribution >= 4 is 29.7 Å². The molecule has 11 nitrogen and oxygen atoms in total. The highest BCUT2D eigenvalue weighted by molar-refractivity contribution is 5.94. The highest BCUT2D eigenvalue weighted by Gasteiger charge is 2.28. The SMILES string of the molecule is CC(C)CC(NC(=O)C(C)NC(=O)C(CCC(=O)O)NC(=O)C(C)N)C(=O)O. The van der Waals surface area contributed by atoms with E-state index in [2.05, 4.69) is 16.0 Å². The Labute approximate surface area is 163 Å². The number of amides is 3. The molecule has 11 heteroatoms. The number of aliphatic carboxylic acids is 2. The number of carbonyl (C=O) groups is 5. The third-order valence-corrected chi connectivity index (χ3v) is 3.77. The average Bonchev–Trinajstić information content (AvgIpc) is 2.56. The number of hydrogen-bond donors (Lipinski definition) is 6. The van der Waals surface area contributed by atoms with Gasteiger partial charge in [-0.05, 0) is 32.6 Å². The fourth-order valence-corrected chi connectivity index (χ4v) is 2.21. The fraction of sp³-hybridized carbons (Fsp3) is 0.706. The zero-order valence-electron chi connectivity index (χ0n) is 16.5. The number of nitrogens with one attached hydrogen (secondary N) is 3. The Morgan fingerprint density at radius 1 is 0.821 bits per heavy atom. The summed E-state index contributed by atoms with van der Waals surface area (Å²) in [4.78, 5) is 58.3. The molecule has 0 aromatic carbocycles. The average molecular weight is 402 g/mol. The van der Waals surface area contributed by atoms with E-state index in [1.807, 2.05) is 13.8 Å². The van der Waals surface area contributed by atoms with Gasteiger partial charge in [-0.1, -0.05) is 13.8 Å². The van der Waals surface area contributed by atoms with Gasteiger partial charge in [0.15, 0.2) is 0 Å². The molecule has 4 unspecified atom stereocenters. The molecule has 0 rings (SSSR count). The number of carboxylic acids is 2. The smallest absolute Gasteiger partial charge is 0.326 e. The van der Waals surface area contributed by atoms with E-state index in [4.69, 9.17) is 10.8 Å². The molecule has 0 aliphatic heterocycles. The first-order valence-electron chi connectivity index (χ1n) is 8.96. The summed E-state index contributed by atoms with van der Waals surface area (Å²) in [5.41, 5.74) is 5.43. The molecule has 0 aromatic heterocycles. The molecule has 4 atom stereocenters. The van der Waals surface area contributed by atoms with E-state index >= 15 is 0 Å². The van der Waals surface area contributed by atoms with E-state index in [-0.39, 0.29) is 25.2 Å². The van der Waals surface area contributed by atoms with Gasteiger partial charge in [-0.25, -0.2) is 4.79 Å². The lowest BCUT2D eigenvalue weighted by Crippen LogP contribution is -2.56. The molecule has 0 aliphatic carbocycles. The minimum absolute atomic E-state index is 0.0279. The zero-order chi connectivity index (χ0) is 22.0. The van der Waals surface area contributed by atoms with Crippen molar-refractivity contribution in [1.82, 2.24) is 16.0 Å². The van der Waals surface area contributed by atoms with Crippen molar-refractivity contribution < 1.29 is 34.2 Å². The maximum atomic E-state index is 12.4. The molecule has 0 heterocycles. The first-order chi connectivity index (χ1) is 12.8. The Balaban J connectivity index is 5.00. The first kappa shape index (κ1) is 25.3. The van der Waals surface area contributed by atoms with Crippen molar-refractivity contribution in [3.05, 3.63) is 0 Å². The van der Waals surface area contributed by atoms with Crippen LogP contribution in [-0.4, -0.2) is 64.0 Å². The van der Waals surface area contributed by atoms with Crippen LogP contribution in [0, 0.1) is 5.92 Å². The summed E-state index contributed by atoms with van der Waals surface area (Å²) in [5, 5.41) is 25.0. The van der Waals surface area contributed by atoms with Crippen molar-refractivity contribution in [3.63, 3.8) is 0 Å². The van der Waals surface area contributed by atoms with E-state index in [1.165, 1.54) is 13.8 Å². The molecule has 0 bridgehead atoms. The van der Waals surface area contributed by atoms with Crippen LogP contribution in [0.25, 0.3) is 0 Å². The number of hydrogen-bond acceptors (Lipinski definition) is 6. The van der Waals surface area contributed by atoms with Gasteiger partial charge in [-0.2, -0.15) is 0 Å². The first-order valence-corrected chi connectivity index (χ1v) is 8.96. The normalized spacial score (nSPS) is 15.1. The molecule has 0 radical (unpaired) electrons. The van der Waals surface area contributed by atoms with Crippen LogP contribution in [0.5, 0.6) is 0 Å². The quantitative estimate of drug-likeness (QED) is 0.235. The predicted molar refractivity (Wildman–Crippen MR) is 99.1 cm³/mol. The maximum Gasteiger partial charge on any atom is 0.326 e. The Morgan fingerprint density at radius 3 is 1.79 bits per heavy atom. The van der Waals surface area contributed by atoms with Crippen LogP contribution >= 0.6 is 0 Å². The maximum absolute atomic E-state index is 12.4. The summed E-state index contributed by atoms with van der Waals surface area (Å²) in [6.07, 6.45) is -0.361. The molecule has 0 aromatic rings. The van der Waals surface area contributed by atoms with Gasteiger partial charge in [0.1, 0.15) is 18.1 Å². The van der Waals surface area contributed by atoms with Crippen molar-refractivity contribution in [3.8, 4) is 0 Å². The Hall–Kier alpha value is -2.69. The van der Waals surface area contributed by atoms with Crippen LogP contribution < -0.4 is 21.7 Å². The Kier molecular flexibility index (Phi) is 10.8. The lowest BCUT2D eigenvalue weighted by atomic mass is 10.0. The molecule has 3 amide bonds. The minimum atomic E-state index is -1.20. The summed E-state index contributed by atoms with van der Waals surface area (Å²) in [6.45, 7) is 6.37. The monoisotopic (exact) mass is 402 g/mol. The van der Waals surface area contributed by atoms with Gasteiger partial charge in [-0.3, -0.25) is 19.2 Å². The summed E-state index contributed by atoms with van der Waals surface area (Å²) >= 11 is 0. The van der Waals surface area contributed by atoms with Crippen LogP contribution in [-0.2, 0) is 24.0 Å². The van der Waals surface area contributed by atoms with E-state index in [1.54, 1.807) is 0 Å². The second kappa shape index (κ2) is 11.9. The molecule has 0 saturated heterocycles. The van der Waals surface area contributed by atoms with Crippen LogP contribution in [0.2, 0.25) is 0 Å². The molecule has 7 N–H and O–H groups in total. The number of carbonyl (C=O) groups excluding carboxylic acids is 3. The predicted octanol–water partition coefficient (Wildman–Crippen LogP) is -1.20. The third kappa shape index (κ3) is 9.86. The lowest BCUT2D eigenvalue weighted by molar-refractivity contribution is -0.142.